The van der Waals surface area contributed by atoms with Crippen molar-refractivity contribution in [3.63, 3.8) is 0 Å². The molecule has 4 nitrogen and oxygen atoms in total. The Morgan fingerprint density at radius 2 is 2.31 bits per heavy atom. The molecule has 13 heavy (non-hydrogen) atoms. The summed E-state index contributed by atoms with van der Waals surface area (Å²) in [6.45, 7) is 0. The average molecular weight is 261 g/mol. The van der Waals surface area contributed by atoms with E-state index in [1.807, 2.05) is 0 Å². The van der Waals surface area contributed by atoms with Gasteiger partial charge in [0, 0.05) is 0 Å². The average Bonchev–Trinajstić information content (AvgIpc) is 2.08. The molecular formula is C7H2BrClN2O2. The second-order valence-electron chi connectivity index (χ2n) is 2.26. The molecule has 2 heterocycles. The van der Waals surface area contributed by atoms with Crippen LogP contribution in [0.3, 0.4) is 0 Å². The summed E-state index contributed by atoms with van der Waals surface area (Å²) in [6.07, 6.45) is 1.08. The fraction of sp³-hybridized carbons (Fsp3) is 0. The van der Waals surface area contributed by atoms with Gasteiger partial charge in [-0.3, -0.25) is 0 Å². The van der Waals surface area contributed by atoms with E-state index in [1.54, 1.807) is 6.07 Å². The van der Waals surface area contributed by atoms with Gasteiger partial charge in [-0.1, -0.05) is 11.6 Å². The molecule has 2 rings (SSSR count). The number of rotatable bonds is 0. The smallest absolute Gasteiger partial charge is 0.356 e. The zero-order chi connectivity index (χ0) is 9.42. The molecule has 0 fully saturated rings. The quantitative estimate of drug-likeness (QED) is 0.681. The van der Waals surface area contributed by atoms with Gasteiger partial charge in [-0.05, 0) is 22.0 Å². The molecule has 0 spiro atoms. The molecule has 66 valence electrons. The van der Waals surface area contributed by atoms with Crippen LogP contribution in [0.1, 0.15) is 0 Å². The van der Waals surface area contributed by atoms with Crippen LogP contribution in [0.4, 0.5) is 0 Å². The van der Waals surface area contributed by atoms with Crippen LogP contribution in [0.25, 0.3) is 11.2 Å². The maximum absolute atomic E-state index is 10.8. The Bertz CT molecular complexity index is 525. The van der Waals surface area contributed by atoms with Crippen LogP contribution in [0.15, 0.2) is 26.1 Å². The molecule has 0 aliphatic heterocycles. The summed E-state index contributed by atoms with van der Waals surface area (Å²) in [5, 5.41) is 0.425. The first kappa shape index (κ1) is 8.65. The number of aromatic nitrogens is 2. The van der Waals surface area contributed by atoms with E-state index >= 15 is 0 Å². The number of hydrogen-bond acceptors (Lipinski definition) is 4. The van der Waals surface area contributed by atoms with Gasteiger partial charge in [-0.2, -0.15) is 0 Å². The van der Waals surface area contributed by atoms with E-state index in [0.717, 1.165) is 6.20 Å². The standard InChI is InChI=1S/C7H2BrClN2O2/c8-6-3(9)1-4-7(11-6)13-5(12)2-10-4/h1-2H. The zero-order valence-corrected chi connectivity index (χ0v) is 8.46. The third-order valence-electron chi connectivity index (χ3n) is 1.39. The number of nitrogens with zero attached hydrogens (tertiary/aromatic N) is 2. The van der Waals surface area contributed by atoms with Gasteiger partial charge in [0.2, 0.25) is 5.71 Å². The van der Waals surface area contributed by atoms with E-state index < -0.39 is 5.63 Å². The lowest BCUT2D eigenvalue weighted by Crippen LogP contribution is -1.99. The van der Waals surface area contributed by atoms with E-state index in [4.69, 9.17) is 16.0 Å². The van der Waals surface area contributed by atoms with Gasteiger partial charge in [0.1, 0.15) is 16.3 Å². The molecule has 0 unspecified atom stereocenters. The Morgan fingerprint density at radius 3 is 3.08 bits per heavy atom. The number of fused-ring (bicyclic) bond motifs is 1. The van der Waals surface area contributed by atoms with E-state index in [2.05, 4.69) is 25.9 Å². The molecule has 0 saturated heterocycles. The highest BCUT2D eigenvalue weighted by Gasteiger charge is 2.04. The minimum atomic E-state index is -0.533. The summed E-state index contributed by atoms with van der Waals surface area (Å²) in [7, 11) is 0. The Balaban J connectivity index is 2.89. The van der Waals surface area contributed by atoms with Crippen LogP contribution in [-0.2, 0) is 0 Å². The van der Waals surface area contributed by atoms with Gasteiger partial charge in [-0.15, -0.1) is 0 Å². The van der Waals surface area contributed by atoms with Gasteiger partial charge in [0.15, 0.2) is 0 Å². The Hall–Kier alpha value is -0.940. The molecule has 2 aromatic heterocycles. The second-order valence-corrected chi connectivity index (χ2v) is 3.42. The summed E-state index contributed by atoms with van der Waals surface area (Å²) >= 11 is 8.87. The lowest BCUT2D eigenvalue weighted by Gasteiger charge is -1.96. The highest BCUT2D eigenvalue weighted by atomic mass is 79.9. The van der Waals surface area contributed by atoms with Gasteiger partial charge >= 0.3 is 5.63 Å². The minimum absolute atomic E-state index is 0.170. The van der Waals surface area contributed by atoms with Gasteiger partial charge in [0.05, 0.1) is 5.02 Å². The topological polar surface area (TPSA) is 56.0 Å². The third kappa shape index (κ3) is 1.57. The molecule has 2 aromatic rings. The third-order valence-corrected chi connectivity index (χ3v) is 2.51. The number of hydrogen-bond donors (Lipinski definition) is 0. The summed E-state index contributed by atoms with van der Waals surface area (Å²) in [4.78, 5) is 18.5. The van der Waals surface area contributed by atoms with Crippen molar-refractivity contribution < 1.29 is 4.42 Å². The first-order valence-electron chi connectivity index (χ1n) is 3.29. The molecular weight excluding hydrogens is 259 g/mol. The van der Waals surface area contributed by atoms with Crippen molar-refractivity contribution in [1.29, 1.82) is 0 Å². The van der Waals surface area contributed by atoms with Crippen molar-refractivity contribution >= 4 is 38.8 Å². The zero-order valence-electron chi connectivity index (χ0n) is 6.12. The van der Waals surface area contributed by atoms with E-state index in [1.165, 1.54) is 0 Å². The second kappa shape index (κ2) is 3.08. The molecule has 0 N–H and O–H groups in total. The first-order valence-corrected chi connectivity index (χ1v) is 4.46. The molecule has 6 heteroatoms. The van der Waals surface area contributed by atoms with Crippen molar-refractivity contribution in [3.8, 4) is 0 Å². The van der Waals surface area contributed by atoms with E-state index in [9.17, 15) is 4.79 Å². The maximum atomic E-state index is 10.8. The lowest BCUT2D eigenvalue weighted by atomic mass is 10.4. The van der Waals surface area contributed by atoms with Crippen molar-refractivity contribution in [1.82, 2.24) is 9.97 Å². The number of pyridine rings is 1. The van der Waals surface area contributed by atoms with Crippen molar-refractivity contribution in [2.24, 2.45) is 0 Å². The minimum Gasteiger partial charge on any atom is -0.401 e. The fourth-order valence-electron chi connectivity index (χ4n) is 0.853. The lowest BCUT2D eigenvalue weighted by molar-refractivity contribution is 0.542. The molecule has 0 aliphatic rings. The normalized spacial score (nSPS) is 10.6. The van der Waals surface area contributed by atoms with Crippen LogP contribution in [0, 0.1) is 0 Å². The van der Waals surface area contributed by atoms with Gasteiger partial charge < -0.3 is 4.42 Å². The Morgan fingerprint density at radius 1 is 1.54 bits per heavy atom. The summed E-state index contributed by atoms with van der Waals surface area (Å²) in [6, 6.07) is 1.57. The number of halogens is 2. The van der Waals surface area contributed by atoms with Crippen LogP contribution >= 0.6 is 27.5 Å². The summed E-state index contributed by atoms with van der Waals surface area (Å²) in [5.41, 5.74) is 0.0887. The molecule has 0 amide bonds. The molecule has 0 radical (unpaired) electrons. The summed E-state index contributed by atoms with van der Waals surface area (Å²) < 4.78 is 5.21. The van der Waals surface area contributed by atoms with Crippen LogP contribution < -0.4 is 5.63 Å². The van der Waals surface area contributed by atoms with Crippen LogP contribution in [0.2, 0.25) is 5.02 Å². The Labute approximate surface area is 85.7 Å². The molecule has 0 saturated carbocycles. The molecule has 0 atom stereocenters. The SMILES string of the molecule is O=c1cnc2cc(Cl)c(Br)nc2o1. The molecule has 0 aromatic carbocycles. The summed E-state index contributed by atoms with van der Waals surface area (Å²) in [5.74, 6) is 0. The fourth-order valence-corrected chi connectivity index (χ4v) is 1.27. The van der Waals surface area contributed by atoms with Crippen LogP contribution in [-0.4, -0.2) is 9.97 Å². The van der Waals surface area contributed by atoms with Crippen LogP contribution in [0.5, 0.6) is 0 Å². The maximum Gasteiger partial charge on any atom is 0.356 e. The van der Waals surface area contributed by atoms with E-state index in [0.29, 0.717) is 15.1 Å². The van der Waals surface area contributed by atoms with Crippen molar-refractivity contribution in [3.05, 3.63) is 32.3 Å². The largest absolute Gasteiger partial charge is 0.401 e. The van der Waals surface area contributed by atoms with Crippen molar-refractivity contribution in [2.45, 2.75) is 0 Å². The van der Waals surface area contributed by atoms with E-state index in [-0.39, 0.29) is 5.71 Å². The predicted octanol–water partition coefficient (Wildman–Crippen LogP) is 2.00. The highest BCUT2D eigenvalue weighted by Crippen LogP contribution is 2.22. The molecule has 0 aliphatic carbocycles. The monoisotopic (exact) mass is 260 g/mol. The molecule has 0 bridgehead atoms. The first-order chi connectivity index (χ1) is 6.16. The van der Waals surface area contributed by atoms with Gasteiger partial charge in [0.25, 0.3) is 0 Å². The Kier molecular flexibility index (Phi) is 2.05. The predicted molar refractivity (Wildman–Crippen MR) is 50.8 cm³/mol. The highest BCUT2D eigenvalue weighted by molar-refractivity contribution is 9.10. The van der Waals surface area contributed by atoms with Crippen molar-refractivity contribution in [2.75, 3.05) is 0 Å². The van der Waals surface area contributed by atoms with Gasteiger partial charge in [-0.25, -0.2) is 14.8 Å².